The molecule has 0 aromatic carbocycles. The maximum absolute atomic E-state index is 7.48. The second kappa shape index (κ2) is 4.87. The van der Waals surface area contributed by atoms with E-state index in [1.807, 2.05) is 0 Å². The van der Waals surface area contributed by atoms with Crippen LogP contribution in [0.5, 0.6) is 0 Å². The number of likely N-dealkylation sites (tertiary alicyclic amines) is 1. The Hall–Kier alpha value is -0.120. The van der Waals surface area contributed by atoms with Crippen molar-refractivity contribution < 1.29 is 4.11 Å². The molecule has 2 rings (SSSR count). The van der Waals surface area contributed by atoms with Crippen LogP contribution in [0.1, 0.15) is 38.2 Å². The summed E-state index contributed by atoms with van der Waals surface area (Å²) < 4.78 is 22.4. The zero-order valence-corrected chi connectivity index (χ0v) is 11.7. The van der Waals surface area contributed by atoms with Gasteiger partial charge in [-0.25, -0.2) is 0 Å². The Bertz CT molecular complexity index is 330. The lowest BCUT2D eigenvalue weighted by Crippen LogP contribution is -2.50. The molecule has 0 bridgehead atoms. The lowest BCUT2D eigenvalue weighted by atomic mass is 10.1. The van der Waals surface area contributed by atoms with Crippen molar-refractivity contribution in [2.24, 2.45) is 0 Å². The van der Waals surface area contributed by atoms with Gasteiger partial charge >= 0.3 is 0 Å². The van der Waals surface area contributed by atoms with Crippen LogP contribution in [0.2, 0.25) is 0 Å². The predicted octanol–water partition coefficient (Wildman–Crippen LogP) is 1.50. The highest BCUT2D eigenvalue weighted by Gasteiger charge is 2.38. The van der Waals surface area contributed by atoms with Crippen LogP contribution in [0.15, 0.2) is 0 Å². The van der Waals surface area contributed by atoms with Crippen molar-refractivity contribution in [2.45, 2.75) is 51.7 Å². The summed E-state index contributed by atoms with van der Waals surface area (Å²) in [7, 11) is 0. The molecule has 3 heteroatoms. The van der Waals surface area contributed by atoms with Gasteiger partial charge in [-0.05, 0) is 41.1 Å². The molecule has 2 atom stereocenters. The molecule has 2 aliphatic rings. The average molecular weight is 242 g/mol. The van der Waals surface area contributed by atoms with Gasteiger partial charge < -0.3 is 4.90 Å². The molecule has 0 aromatic heterocycles. The first kappa shape index (κ1) is 9.76. The van der Waals surface area contributed by atoms with Gasteiger partial charge in [0.2, 0.25) is 0 Å². The summed E-state index contributed by atoms with van der Waals surface area (Å²) in [4.78, 5) is 6.70. The van der Waals surface area contributed by atoms with Gasteiger partial charge in [-0.3, -0.25) is 9.80 Å². The highest BCUT2D eigenvalue weighted by Crippen LogP contribution is 2.29. The van der Waals surface area contributed by atoms with Crippen LogP contribution in [0.3, 0.4) is 0 Å². The number of piperazine rings is 1. The summed E-state index contributed by atoms with van der Waals surface area (Å²) >= 11 is 0. The Kier molecular flexibility index (Phi) is 2.79. The number of rotatable bonds is 1. The van der Waals surface area contributed by atoms with Gasteiger partial charge in [0.15, 0.2) is 0 Å². The topological polar surface area (TPSA) is 9.72 Å². The summed E-state index contributed by atoms with van der Waals surface area (Å²) in [6, 6.07) is 1.20. The minimum absolute atomic E-state index is 0.217. The molecule has 3 nitrogen and oxygen atoms in total. The SMILES string of the molecule is [2H]C([2H])([2H])N1CCN(C2C[C@H](C)N(C(C)(C)C)C2)CC1. The second-order valence-corrected chi connectivity index (χ2v) is 6.58. The Labute approximate surface area is 111 Å². The number of hydrogen-bond acceptors (Lipinski definition) is 3. The Morgan fingerprint density at radius 3 is 2.24 bits per heavy atom. The van der Waals surface area contributed by atoms with Gasteiger partial charge in [-0.1, -0.05) is 0 Å². The third-order valence-electron chi connectivity index (χ3n) is 4.24. The molecule has 0 spiro atoms. The molecule has 0 radical (unpaired) electrons. The van der Waals surface area contributed by atoms with Crippen molar-refractivity contribution in [3.05, 3.63) is 0 Å². The van der Waals surface area contributed by atoms with E-state index in [1.54, 1.807) is 4.90 Å². The first-order valence-corrected chi connectivity index (χ1v) is 6.85. The largest absolute Gasteiger partial charge is 0.304 e. The van der Waals surface area contributed by atoms with Crippen LogP contribution in [-0.2, 0) is 0 Å². The van der Waals surface area contributed by atoms with E-state index in [0.29, 0.717) is 25.2 Å². The summed E-state index contributed by atoms with van der Waals surface area (Å²) in [6.45, 7) is 11.4. The monoisotopic (exact) mass is 242 g/mol. The van der Waals surface area contributed by atoms with Gasteiger partial charge in [0.1, 0.15) is 0 Å². The molecule has 17 heavy (non-hydrogen) atoms. The molecular weight excluding hydrogens is 210 g/mol. The van der Waals surface area contributed by atoms with Gasteiger partial charge in [-0.15, -0.1) is 0 Å². The Balaban J connectivity index is 1.90. The third-order valence-corrected chi connectivity index (χ3v) is 4.24. The van der Waals surface area contributed by atoms with E-state index in [9.17, 15) is 0 Å². The molecule has 0 aliphatic carbocycles. The van der Waals surface area contributed by atoms with E-state index >= 15 is 0 Å². The molecule has 2 fully saturated rings. The van der Waals surface area contributed by atoms with Crippen LogP contribution < -0.4 is 0 Å². The molecule has 2 heterocycles. The van der Waals surface area contributed by atoms with E-state index in [2.05, 4.69) is 37.5 Å². The lowest BCUT2D eigenvalue weighted by Gasteiger charge is -2.38. The predicted molar refractivity (Wildman–Crippen MR) is 73.4 cm³/mol. The third kappa shape index (κ3) is 3.01. The van der Waals surface area contributed by atoms with Crippen molar-refractivity contribution in [2.75, 3.05) is 39.7 Å². The van der Waals surface area contributed by atoms with E-state index in [0.717, 1.165) is 19.6 Å². The Morgan fingerprint density at radius 1 is 1.12 bits per heavy atom. The smallest absolute Gasteiger partial charge is 0.0394 e. The van der Waals surface area contributed by atoms with Crippen LogP contribution >= 0.6 is 0 Å². The van der Waals surface area contributed by atoms with Crippen molar-refractivity contribution in [3.63, 3.8) is 0 Å². The van der Waals surface area contributed by atoms with Gasteiger partial charge in [0.05, 0.1) is 0 Å². The standard InChI is InChI=1S/C14H29N3/c1-12-10-13(11-17(12)14(2,3)4)16-8-6-15(5)7-9-16/h12-13H,6-11H2,1-5H3/t12-,13?/m0/s1/i5D3. The minimum atomic E-state index is -1.92. The zero-order chi connectivity index (χ0) is 15.1. The average Bonchev–Trinajstić information content (AvgIpc) is 2.70. The summed E-state index contributed by atoms with van der Waals surface area (Å²) in [6.07, 6.45) is 1.20. The fourth-order valence-electron chi connectivity index (χ4n) is 3.29. The van der Waals surface area contributed by atoms with Crippen molar-refractivity contribution in [3.8, 4) is 0 Å². The van der Waals surface area contributed by atoms with Gasteiger partial charge in [-0.2, -0.15) is 0 Å². The molecule has 0 N–H and O–H groups in total. The normalized spacial score (nSPS) is 37.8. The molecular formula is C14H29N3. The van der Waals surface area contributed by atoms with Gasteiger partial charge in [0.25, 0.3) is 0 Å². The molecule has 0 amide bonds. The van der Waals surface area contributed by atoms with Crippen LogP contribution in [-0.4, -0.2) is 72.0 Å². The molecule has 100 valence electrons. The molecule has 0 aromatic rings. The maximum Gasteiger partial charge on any atom is 0.0394 e. The minimum Gasteiger partial charge on any atom is -0.304 e. The highest BCUT2D eigenvalue weighted by molar-refractivity contribution is 4.95. The van der Waals surface area contributed by atoms with E-state index in [1.165, 1.54) is 6.42 Å². The van der Waals surface area contributed by atoms with E-state index < -0.39 is 6.98 Å². The fraction of sp³-hybridized carbons (Fsp3) is 1.00. The highest BCUT2D eigenvalue weighted by atomic mass is 15.3. The molecule has 1 unspecified atom stereocenters. The molecule has 2 aliphatic heterocycles. The summed E-state index contributed by atoms with van der Waals surface area (Å²) in [5, 5.41) is 0. The first-order valence-electron chi connectivity index (χ1n) is 8.35. The van der Waals surface area contributed by atoms with Crippen LogP contribution in [0.4, 0.5) is 0 Å². The maximum atomic E-state index is 7.48. The number of nitrogens with zero attached hydrogens (tertiary/aromatic N) is 3. The number of likely N-dealkylation sites (N-methyl/N-ethyl adjacent to an activating group) is 1. The van der Waals surface area contributed by atoms with Crippen molar-refractivity contribution >= 4 is 0 Å². The van der Waals surface area contributed by atoms with Crippen molar-refractivity contribution in [1.82, 2.24) is 14.7 Å². The molecule has 2 saturated heterocycles. The van der Waals surface area contributed by atoms with E-state index in [4.69, 9.17) is 4.11 Å². The quantitative estimate of drug-likeness (QED) is 0.690. The Morgan fingerprint density at radius 2 is 1.76 bits per heavy atom. The molecule has 0 saturated carbocycles. The van der Waals surface area contributed by atoms with Gasteiger partial charge in [0, 0.05) is 54.5 Å². The van der Waals surface area contributed by atoms with Crippen molar-refractivity contribution in [1.29, 1.82) is 0 Å². The fourth-order valence-corrected chi connectivity index (χ4v) is 3.29. The second-order valence-electron chi connectivity index (χ2n) is 6.58. The summed E-state index contributed by atoms with van der Waals surface area (Å²) in [5.41, 5.74) is 0.217. The van der Waals surface area contributed by atoms with Crippen LogP contribution in [0.25, 0.3) is 0 Å². The first-order chi connectivity index (χ1) is 9.09. The van der Waals surface area contributed by atoms with E-state index in [-0.39, 0.29) is 5.54 Å². The lowest BCUT2D eigenvalue weighted by molar-refractivity contribution is 0.0943. The number of hydrogen-bond donors (Lipinski definition) is 0. The zero-order valence-electron chi connectivity index (χ0n) is 14.7. The van der Waals surface area contributed by atoms with Crippen LogP contribution in [0, 0.1) is 0 Å². The summed E-state index contributed by atoms with van der Waals surface area (Å²) in [5.74, 6) is 0.